The Morgan fingerprint density at radius 1 is 0.950 bits per heavy atom. The standard InChI is InChI=1S/C17H19NOS/c1-2-4-15(5-3-1)11-19-17-8-6-14(7-9-17)10-18-16-12-20-13-16/h1-9,16,18H,10-13H2. The van der Waals surface area contributed by atoms with Crippen LogP contribution < -0.4 is 10.1 Å². The van der Waals surface area contributed by atoms with Crippen molar-refractivity contribution in [2.75, 3.05) is 11.5 Å². The van der Waals surface area contributed by atoms with Gasteiger partial charge < -0.3 is 10.1 Å². The molecule has 0 radical (unpaired) electrons. The number of benzene rings is 2. The molecule has 0 amide bonds. The first-order valence-electron chi connectivity index (χ1n) is 6.97. The first kappa shape index (κ1) is 13.5. The Balaban J connectivity index is 1.48. The van der Waals surface area contributed by atoms with Gasteiger partial charge in [0, 0.05) is 24.1 Å². The minimum absolute atomic E-state index is 0.623. The second-order valence-electron chi connectivity index (χ2n) is 5.03. The molecule has 0 bridgehead atoms. The molecule has 0 aliphatic carbocycles. The van der Waals surface area contributed by atoms with Crippen LogP contribution in [0.25, 0.3) is 0 Å². The Hall–Kier alpha value is -1.45. The fourth-order valence-electron chi connectivity index (χ4n) is 2.06. The third-order valence-corrected chi connectivity index (χ3v) is 4.68. The summed E-state index contributed by atoms with van der Waals surface area (Å²) in [5.74, 6) is 3.42. The first-order chi connectivity index (χ1) is 9.90. The largest absolute Gasteiger partial charge is 0.489 e. The SMILES string of the molecule is c1ccc(COc2ccc(CNC3CSC3)cc2)cc1. The molecule has 1 saturated heterocycles. The molecule has 20 heavy (non-hydrogen) atoms. The van der Waals surface area contributed by atoms with Gasteiger partial charge in [0.25, 0.3) is 0 Å². The van der Waals surface area contributed by atoms with Gasteiger partial charge >= 0.3 is 0 Å². The van der Waals surface area contributed by atoms with Crippen molar-refractivity contribution in [3.8, 4) is 5.75 Å². The third-order valence-electron chi connectivity index (χ3n) is 3.40. The molecule has 1 aliphatic heterocycles. The van der Waals surface area contributed by atoms with Crippen molar-refractivity contribution in [1.82, 2.24) is 5.32 Å². The highest BCUT2D eigenvalue weighted by molar-refractivity contribution is 8.00. The molecular formula is C17H19NOS. The average Bonchev–Trinajstić information content (AvgIpc) is 2.46. The molecule has 0 aromatic heterocycles. The lowest BCUT2D eigenvalue weighted by molar-refractivity contribution is 0.306. The fourth-order valence-corrected chi connectivity index (χ4v) is 2.77. The second-order valence-corrected chi connectivity index (χ2v) is 6.11. The molecular weight excluding hydrogens is 266 g/mol. The van der Waals surface area contributed by atoms with Crippen LogP contribution in [0, 0.1) is 0 Å². The van der Waals surface area contributed by atoms with E-state index >= 15 is 0 Å². The van der Waals surface area contributed by atoms with E-state index in [1.165, 1.54) is 22.6 Å². The predicted molar refractivity (Wildman–Crippen MR) is 85.2 cm³/mol. The minimum Gasteiger partial charge on any atom is -0.489 e. The molecule has 1 N–H and O–H groups in total. The van der Waals surface area contributed by atoms with Crippen molar-refractivity contribution in [3.05, 3.63) is 65.7 Å². The van der Waals surface area contributed by atoms with E-state index in [4.69, 9.17) is 4.74 Å². The number of nitrogens with one attached hydrogen (secondary N) is 1. The van der Waals surface area contributed by atoms with Gasteiger partial charge in [0.15, 0.2) is 0 Å². The van der Waals surface area contributed by atoms with Crippen molar-refractivity contribution >= 4 is 11.8 Å². The summed E-state index contributed by atoms with van der Waals surface area (Å²) in [5.41, 5.74) is 2.51. The minimum atomic E-state index is 0.623. The molecule has 0 spiro atoms. The van der Waals surface area contributed by atoms with Gasteiger partial charge in [-0.25, -0.2) is 0 Å². The highest BCUT2D eigenvalue weighted by Crippen LogP contribution is 2.18. The Bertz CT molecular complexity index is 522. The lowest BCUT2D eigenvalue weighted by Crippen LogP contribution is -2.39. The summed E-state index contributed by atoms with van der Waals surface area (Å²) < 4.78 is 5.78. The summed E-state index contributed by atoms with van der Waals surface area (Å²) in [6, 6.07) is 19.3. The van der Waals surface area contributed by atoms with Gasteiger partial charge in [-0.05, 0) is 23.3 Å². The molecule has 2 aromatic rings. The fraction of sp³-hybridized carbons (Fsp3) is 0.294. The van der Waals surface area contributed by atoms with E-state index in [9.17, 15) is 0 Å². The van der Waals surface area contributed by atoms with Gasteiger partial charge in [-0.15, -0.1) is 0 Å². The maximum absolute atomic E-state index is 5.78. The summed E-state index contributed by atoms with van der Waals surface area (Å²) in [5, 5.41) is 3.55. The quantitative estimate of drug-likeness (QED) is 0.878. The molecule has 2 nitrogen and oxygen atoms in total. The average molecular weight is 285 g/mol. The summed E-state index contributed by atoms with van der Waals surface area (Å²) in [6.07, 6.45) is 0. The molecule has 3 rings (SSSR count). The molecule has 1 fully saturated rings. The number of rotatable bonds is 6. The Morgan fingerprint density at radius 3 is 2.35 bits per heavy atom. The van der Waals surface area contributed by atoms with Crippen molar-refractivity contribution in [3.63, 3.8) is 0 Å². The van der Waals surface area contributed by atoms with E-state index in [1.807, 2.05) is 30.0 Å². The van der Waals surface area contributed by atoms with Gasteiger partial charge in [-0.1, -0.05) is 42.5 Å². The van der Waals surface area contributed by atoms with E-state index in [1.54, 1.807) is 0 Å². The number of thioether (sulfide) groups is 1. The van der Waals surface area contributed by atoms with Gasteiger partial charge in [0.2, 0.25) is 0 Å². The Labute approximate surface area is 124 Å². The topological polar surface area (TPSA) is 21.3 Å². The first-order valence-corrected chi connectivity index (χ1v) is 8.12. The van der Waals surface area contributed by atoms with E-state index in [2.05, 4.69) is 41.7 Å². The van der Waals surface area contributed by atoms with Crippen LogP contribution in [0.5, 0.6) is 5.75 Å². The van der Waals surface area contributed by atoms with E-state index in [-0.39, 0.29) is 0 Å². The monoisotopic (exact) mass is 285 g/mol. The number of ether oxygens (including phenoxy) is 1. The van der Waals surface area contributed by atoms with Crippen LogP contribution in [0.3, 0.4) is 0 Å². The van der Waals surface area contributed by atoms with Crippen molar-refractivity contribution < 1.29 is 4.74 Å². The summed E-state index contributed by atoms with van der Waals surface area (Å²) >= 11 is 2.00. The van der Waals surface area contributed by atoms with Crippen molar-refractivity contribution in [2.24, 2.45) is 0 Å². The molecule has 0 saturated carbocycles. The predicted octanol–water partition coefficient (Wildman–Crippen LogP) is 3.47. The van der Waals surface area contributed by atoms with Crippen LogP contribution in [0.4, 0.5) is 0 Å². The molecule has 104 valence electrons. The van der Waals surface area contributed by atoms with Crippen molar-refractivity contribution in [1.29, 1.82) is 0 Å². The molecule has 1 aliphatic rings. The van der Waals surface area contributed by atoms with Crippen LogP contribution in [0.1, 0.15) is 11.1 Å². The van der Waals surface area contributed by atoms with Crippen LogP contribution in [-0.4, -0.2) is 17.5 Å². The molecule has 0 unspecified atom stereocenters. The van der Waals surface area contributed by atoms with Gasteiger partial charge in [-0.3, -0.25) is 0 Å². The lowest BCUT2D eigenvalue weighted by Gasteiger charge is -2.26. The van der Waals surface area contributed by atoms with Gasteiger partial charge in [0.05, 0.1) is 0 Å². The molecule has 3 heteroatoms. The zero-order chi connectivity index (χ0) is 13.6. The second kappa shape index (κ2) is 6.82. The van der Waals surface area contributed by atoms with Gasteiger partial charge in [-0.2, -0.15) is 11.8 Å². The molecule has 0 atom stereocenters. The van der Waals surface area contributed by atoms with Crippen LogP contribution in [0.15, 0.2) is 54.6 Å². The third kappa shape index (κ3) is 3.78. The van der Waals surface area contributed by atoms with Crippen LogP contribution in [-0.2, 0) is 13.2 Å². The summed E-state index contributed by atoms with van der Waals surface area (Å²) in [7, 11) is 0. The van der Waals surface area contributed by atoms with E-state index < -0.39 is 0 Å². The smallest absolute Gasteiger partial charge is 0.119 e. The normalized spacial score (nSPS) is 14.8. The lowest BCUT2D eigenvalue weighted by atomic mass is 10.2. The number of hydrogen-bond donors (Lipinski definition) is 1. The van der Waals surface area contributed by atoms with Gasteiger partial charge in [0.1, 0.15) is 12.4 Å². The Morgan fingerprint density at radius 2 is 1.70 bits per heavy atom. The highest BCUT2D eigenvalue weighted by Gasteiger charge is 2.16. The maximum atomic E-state index is 5.78. The summed E-state index contributed by atoms with van der Waals surface area (Å²) in [6.45, 7) is 1.57. The summed E-state index contributed by atoms with van der Waals surface area (Å²) in [4.78, 5) is 0. The zero-order valence-electron chi connectivity index (χ0n) is 11.4. The number of hydrogen-bond acceptors (Lipinski definition) is 3. The van der Waals surface area contributed by atoms with Crippen LogP contribution in [0.2, 0.25) is 0 Å². The zero-order valence-corrected chi connectivity index (χ0v) is 12.2. The van der Waals surface area contributed by atoms with Crippen molar-refractivity contribution in [2.45, 2.75) is 19.2 Å². The highest BCUT2D eigenvalue weighted by atomic mass is 32.2. The van der Waals surface area contributed by atoms with Crippen LogP contribution >= 0.6 is 11.8 Å². The Kier molecular flexibility index (Phi) is 4.61. The molecule has 1 heterocycles. The maximum Gasteiger partial charge on any atom is 0.119 e. The molecule has 2 aromatic carbocycles. The van der Waals surface area contributed by atoms with E-state index in [0.29, 0.717) is 12.6 Å². The van der Waals surface area contributed by atoms with E-state index in [0.717, 1.165) is 12.3 Å².